The summed E-state index contributed by atoms with van der Waals surface area (Å²) in [6.07, 6.45) is 2.04. The largest absolute Gasteiger partial charge is 0.334 e. The molecule has 4 aromatic rings. The minimum atomic E-state index is -0.394. The molecule has 3 heterocycles. The van der Waals surface area contributed by atoms with Crippen LogP contribution in [0.5, 0.6) is 0 Å². The van der Waals surface area contributed by atoms with Crippen molar-refractivity contribution in [1.82, 2.24) is 20.4 Å². The molecule has 0 bridgehead atoms. The number of aryl methyl sites for hydroxylation is 1. The van der Waals surface area contributed by atoms with Crippen molar-refractivity contribution in [3.63, 3.8) is 0 Å². The molecule has 172 valence electrons. The molecule has 0 saturated carbocycles. The van der Waals surface area contributed by atoms with Crippen LogP contribution in [-0.4, -0.2) is 27.3 Å². The van der Waals surface area contributed by atoms with E-state index in [1.807, 2.05) is 74.0 Å². The van der Waals surface area contributed by atoms with E-state index in [1.165, 1.54) is 5.56 Å². The highest BCUT2D eigenvalue weighted by Gasteiger charge is 2.36. The van der Waals surface area contributed by atoms with Crippen molar-refractivity contribution in [3.05, 3.63) is 93.6 Å². The molecule has 6 nitrogen and oxygen atoms in total. The summed E-state index contributed by atoms with van der Waals surface area (Å²) in [7, 11) is 0. The van der Waals surface area contributed by atoms with Crippen LogP contribution in [0.3, 0.4) is 0 Å². The van der Waals surface area contributed by atoms with Gasteiger partial charge in [0.2, 0.25) is 5.82 Å². The Balaban J connectivity index is 1.58. The third-order valence-corrected chi connectivity index (χ3v) is 7.51. The summed E-state index contributed by atoms with van der Waals surface area (Å²) in [6, 6.07) is 19.7. The molecule has 2 amide bonds. The summed E-state index contributed by atoms with van der Waals surface area (Å²) < 4.78 is 5.78. The van der Waals surface area contributed by atoms with Crippen molar-refractivity contribution in [2.75, 3.05) is 6.26 Å². The minimum Gasteiger partial charge on any atom is -0.334 e. The fourth-order valence-electron chi connectivity index (χ4n) is 4.01. The quantitative estimate of drug-likeness (QED) is 0.313. The zero-order chi connectivity index (χ0) is 23.7. The van der Waals surface area contributed by atoms with Gasteiger partial charge in [0.05, 0.1) is 18.2 Å². The molecule has 0 aliphatic carbocycles. The van der Waals surface area contributed by atoms with E-state index in [1.54, 1.807) is 28.0 Å². The van der Waals surface area contributed by atoms with Gasteiger partial charge in [-0.2, -0.15) is 4.98 Å². The summed E-state index contributed by atoms with van der Waals surface area (Å²) in [5.41, 5.74) is 4.62. The van der Waals surface area contributed by atoms with E-state index in [0.29, 0.717) is 18.3 Å². The fourth-order valence-corrected chi connectivity index (χ4v) is 5.11. The molecule has 1 aliphatic rings. The predicted molar refractivity (Wildman–Crippen MR) is 136 cm³/mol. The monoisotopic (exact) mass is 488 g/mol. The number of thioether (sulfide) groups is 1. The van der Waals surface area contributed by atoms with Gasteiger partial charge in [0.25, 0.3) is 5.89 Å². The SMILES string of the molecule is CSc1ccc(C2NC(=O)N(Cc3cccs3)C(C)=C2c2nc(-c3ccc(C)cc3)no2)cc1. The van der Waals surface area contributed by atoms with E-state index in [0.717, 1.165) is 32.2 Å². The van der Waals surface area contributed by atoms with Gasteiger partial charge in [-0.15, -0.1) is 23.1 Å². The molecule has 0 radical (unpaired) electrons. The van der Waals surface area contributed by atoms with Crippen molar-refractivity contribution in [3.8, 4) is 11.4 Å². The first-order valence-electron chi connectivity index (χ1n) is 10.9. The average Bonchev–Trinajstić information content (AvgIpc) is 3.54. The van der Waals surface area contributed by atoms with E-state index >= 15 is 0 Å². The standard InChI is InChI=1S/C26H24N4O2S2/c1-16-6-8-19(9-7-16)24-28-25(32-29-24)22-17(2)30(15-21-5-4-14-34-21)26(31)27-23(22)18-10-12-20(33-3)13-11-18/h4-14,23H,15H2,1-3H3,(H,27,31). The van der Waals surface area contributed by atoms with Crippen LogP contribution < -0.4 is 5.32 Å². The van der Waals surface area contributed by atoms with Gasteiger partial charge < -0.3 is 9.84 Å². The second-order valence-corrected chi connectivity index (χ2v) is 10.0. The number of rotatable bonds is 6. The number of benzene rings is 2. The second kappa shape index (κ2) is 9.48. The Kier molecular flexibility index (Phi) is 6.26. The zero-order valence-corrected chi connectivity index (χ0v) is 20.7. The van der Waals surface area contributed by atoms with Crippen LogP contribution in [0.2, 0.25) is 0 Å². The summed E-state index contributed by atoms with van der Waals surface area (Å²) in [5.74, 6) is 0.927. The van der Waals surface area contributed by atoms with Gasteiger partial charge in [-0.3, -0.25) is 4.90 Å². The molecular weight excluding hydrogens is 464 g/mol. The van der Waals surface area contributed by atoms with E-state index < -0.39 is 6.04 Å². The Morgan fingerprint density at radius 3 is 2.53 bits per heavy atom. The van der Waals surface area contributed by atoms with E-state index in [2.05, 4.69) is 22.6 Å². The van der Waals surface area contributed by atoms with Crippen LogP contribution in [0.25, 0.3) is 17.0 Å². The lowest BCUT2D eigenvalue weighted by Crippen LogP contribution is -2.45. The van der Waals surface area contributed by atoms with Crippen molar-refractivity contribution in [2.24, 2.45) is 0 Å². The molecule has 8 heteroatoms. The smallest absolute Gasteiger partial charge is 0.322 e. The lowest BCUT2D eigenvalue weighted by atomic mass is 9.94. The molecule has 0 saturated heterocycles. The number of nitrogens with zero attached hydrogens (tertiary/aromatic N) is 3. The molecule has 5 rings (SSSR count). The van der Waals surface area contributed by atoms with Crippen molar-refractivity contribution < 1.29 is 9.32 Å². The zero-order valence-electron chi connectivity index (χ0n) is 19.1. The van der Waals surface area contributed by atoms with Crippen molar-refractivity contribution >= 4 is 34.7 Å². The summed E-state index contributed by atoms with van der Waals surface area (Å²) in [6.45, 7) is 4.47. The van der Waals surface area contributed by atoms with Crippen LogP contribution in [0.1, 0.15) is 34.9 Å². The van der Waals surface area contributed by atoms with Crippen LogP contribution >= 0.6 is 23.1 Å². The molecule has 1 unspecified atom stereocenters. The number of carbonyl (C=O) groups excluding carboxylic acids is 1. The third-order valence-electron chi connectivity index (χ3n) is 5.91. The van der Waals surface area contributed by atoms with Crippen molar-refractivity contribution in [2.45, 2.75) is 31.3 Å². The number of amides is 2. The molecule has 2 aromatic carbocycles. The molecule has 1 aliphatic heterocycles. The number of hydrogen-bond donors (Lipinski definition) is 1. The minimum absolute atomic E-state index is 0.146. The highest BCUT2D eigenvalue weighted by molar-refractivity contribution is 7.98. The Labute approximate surface area is 206 Å². The average molecular weight is 489 g/mol. The maximum absolute atomic E-state index is 13.2. The van der Waals surface area contributed by atoms with Gasteiger partial charge in [0.1, 0.15) is 0 Å². The van der Waals surface area contributed by atoms with Crippen LogP contribution in [0.4, 0.5) is 4.79 Å². The second-order valence-electron chi connectivity index (χ2n) is 8.11. The predicted octanol–water partition coefficient (Wildman–Crippen LogP) is 6.53. The number of urea groups is 1. The van der Waals surface area contributed by atoms with Gasteiger partial charge in [-0.1, -0.05) is 53.2 Å². The van der Waals surface area contributed by atoms with Gasteiger partial charge in [0.15, 0.2) is 0 Å². The van der Waals surface area contributed by atoms with E-state index in [4.69, 9.17) is 9.51 Å². The summed E-state index contributed by atoms with van der Waals surface area (Å²) in [5, 5.41) is 9.43. The van der Waals surface area contributed by atoms with E-state index in [-0.39, 0.29) is 6.03 Å². The Morgan fingerprint density at radius 2 is 1.85 bits per heavy atom. The van der Waals surface area contributed by atoms with Crippen LogP contribution in [0, 0.1) is 6.92 Å². The van der Waals surface area contributed by atoms with Gasteiger partial charge in [-0.05, 0) is 49.2 Å². The topological polar surface area (TPSA) is 71.3 Å². The third kappa shape index (κ3) is 4.38. The van der Waals surface area contributed by atoms with Gasteiger partial charge in [-0.25, -0.2) is 4.79 Å². The van der Waals surface area contributed by atoms with Crippen LogP contribution in [-0.2, 0) is 6.54 Å². The number of thiophene rings is 1. The number of allylic oxidation sites excluding steroid dienone is 1. The summed E-state index contributed by atoms with van der Waals surface area (Å²) in [4.78, 5) is 21.9. The number of carbonyl (C=O) groups is 1. The molecule has 1 N–H and O–H groups in total. The summed E-state index contributed by atoms with van der Waals surface area (Å²) >= 11 is 3.30. The highest BCUT2D eigenvalue weighted by atomic mass is 32.2. The Hall–Kier alpha value is -3.36. The number of nitrogens with one attached hydrogen (secondary N) is 1. The number of aromatic nitrogens is 2. The van der Waals surface area contributed by atoms with E-state index in [9.17, 15) is 4.79 Å². The molecule has 34 heavy (non-hydrogen) atoms. The molecule has 0 spiro atoms. The maximum Gasteiger partial charge on any atom is 0.322 e. The lowest BCUT2D eigenvalue weighted by Gasteiger charge is -2.35. The van der Waals surface area contributed by atoms with Crippen LogP contribution in [0.15, 0.2) is 81.2 Å². The fraction of sp³-hybridized carbons (Fsp3) is 0.192. The Morgan fingerprint density at radius 1 is 1.09 bits per heavy atom. The number of hydrogen-bond acceptors (Lipinski definition) is 6. The Bertz CT molecular complexity index is 1330. The van der Waals surface area contributed by atoms with Crippen molar-refractivity contribution in [1.29, 1.82) is 0 Å². The highest BCUT2D eigenvalue weighted by Crippen LogP contribution is 2.38. The lowest BCUT2D eigenvalue weighted by molar-refractivity contribution is 0.203. The first kappa shape index (κ1) is 22.4. The normalized spacial score (nSPS) is 16.1. The molecule has 2 aromatic heterocycles. The first-order chi connectivity index (χ1) is 16.5. The maximum atomic E-state index is 13.2. The van der Waals surface area contributed by atoms with Gasteiger partial charge in [0, 0.05) is 21.0 Å². The molecule has 1 atom stereocenters. The molecular formula is C26H24N4O2S2. The first-order valence-corrected chi connectivity index (χ1v) is 13.0. The van der Waals surface area contributed by atoms with Gasteiger partial charge >= 0.3 is 6.03 Å². The molecule has 0 fully saturated rings.